The summed E-state index contributed by atoms with van der Waals surface area (Å²) in [6, 6.07) is 4.50. The first-order valence-electron chi connectivity index (χ1n) is 5.99. The van der Waals surface area contributed by atoms with Crippen molar-refractivity contribution in [2.75, 3.05) is 6.61 Å². The number of rotatable bonds is 4. The molecule has 1 aliphatic carbocycles. The van der Waals surface area contributed by atoms with E-state index in [1.807, 2.05) is 0 Å². The molecule has 0 bridgehead atoms. The Kier molecular flexibility index (Phi) is 3.04. The lowest BCUT2D eigenvalue weighted by atomic mass is 10.0. The van der Waals surface area contributed by atoms with E-state index in [4.69, 9.17) is 0 Å². The van der Waals surface area contributed by atoms with Crippen LogP contribution in [0.25, 0.3) is 0 Å². The van der Waals surface area contributed by atoms with Crippen LogP contribution in [-0.2, 0) is 6.54 Å². The molecule has 88 valence electrons. The van der Waals surface area contributed by atoms with Crippen LogP contribution in [0.5, 0.6) is 0 Å². The van der Waals surface area contributed by atoms with Gasteiger partial charge in [0.15, 0.2) is 0 Å². The topological polar surface area (TPSA) is 32.3 Å². The van der Waals surface area contributed by atoms with Gasteiger partial charge in [0.25, 0.3) is 0 Å². The molecule has 0 spiro atoms. The summed E-state index contributed by atoms with van der Waals surface area (Å²) in [4.78, 5) is 0. The van der Waals surface area contributed by atoms with Crippen LogP contribution < -0.4 is 5.32 Å². The number of aliphatic hydroxyl groups is 1. The maximum Gasteiger partial charge on any atom is 0.0613 e. The van der Waals surface area contributed by atoms with Gasteiger partial charge in [-0.1, -0.05) is 12.1 Å². The van der Waals surface area contributed by atoms with Crippen molar-refractivity contribution in [1.82, 2.24) is 5.32 Å². The minimum absolute atomic E-state index is 0.0330. The molecule has 0 radical (unpaired) electrons. The normalized spacial score (nSPS) is 17.5. The van der Waals surface area contributed by atoms with Crippen LogP contribution in [0.15, 0.2) is 12.1 Å². The van der Waals surface area contributed by atoms with Crippen LogP contribution >= 0.6 is 0 Å². The van der Waals surface area contributed by atoms with Gasteiger partial charge >= 0.3 is 0 Å². The molecule has 1 aliphatic rings. The Bertz CT molecular complexity index is 394. The van der Waals surface area contributed by atoms with Crippen molar-refractivity contribution >= 4 is 0 Å². The predicted octanol–water partition coefficient (Wildman–Crippen LogP) is 2.23. The lowest BCUT2D eigenvalue weighted by Gasteiger charge is -2.16. The maximum atomic E-state index is 9.24. The Morgan fingerprint density at radius 2 is 1.75 bits per heavy atom. The SMILES string of the molecule is Cc1cc(C)c(CNC2(CO)CC2)cc1C. The summed E-state index contributed by atoms with van der Waals surface area (Å²) in [7, 11) is 0. The van der Waals surface area contributed by atoms with Crippen molar-refractivity contribution in [2.24, 2.45) is 0 Å². The molecular formula is C14H21NO. The van der Waals surface area contributed by atoms with Crippen LogP contribution in [0, 0.1) is 20.8 Å². The number of aryl methyl sites for hydroxylation is 3. The van der Waals surface area contributed by atoms with Crippen LogP contribution in [0.3, 0.4) is 0 Å². The molecule has 2 N–H and O–H groups in total. The van der Waals surface area contributed by atoms with E-state index in [1.54, 1.807) is 0 Å². The second-order valence-electron chi connectivity index (χ2n) is 5.15. The summed E-state index contributed by atoms with van der Waals surface area (Å²) in [6.45, 7) is 7.58. The molecule has 0 atom stereocenters. The monoisotopic (exact) mass is 219 g/mol. The van der Waals surface area contributed by atoms with Gasteiger partial charge < -0.3 is 10.4 Å². The molecule has 0 saturated heterocycles. The van der Waals surface area contributed by atoms with Crippen molar-refractivity contribution in [3.8, 4) is 0 Å². The minimum atomic E-state index is 0.0330. The molecule has 2 nitrogen and oxygen atoms in total. The molecule has 0 aromatic heterocycles. The highest BCUT2D eigenvalue weighted by atomic mass is 16.3. The molecular weight excluding hydrogens is 198 g/mol. The zero-order valence-electron chi connectivity index (χ0n) is 10.4. The second-order valence-corrected chi connectivity index (χ2v) is 5.15. The quantitative estimate of drug-likeness (QED) is 0.814. The third-order valence-electron chi connectivity index (χ3n) is 3.76. The van der Waals surface area contributed by atoms with Gasteiger partial charge in [-0.05, 0) is 55.9 Å². The lowest BCUT2D eigenvalue weighted by Crippen LogP contribution is -2.34. The van der Waals surface area contributed by atoms with E-state index >= 15 is 0 Å². The number of aliphatic hydroxyl groups excluding tert-OH is 1. The highest BCUT2D eigenvalue weighted by Crippen LogP contribution is 2.35. The smallest absolute Gasteiger partial charge is 0.0613 e. The van der Waals surface area contributed by atoms with Crippen molar-refractivity contribution in [1.29, 1.82) is 0 Å². The Hall–Kier alpha value is -0.860. The third-order valence-corrected chi connectivity index (χ3v) is 3.76. The van der Waals surface area contributed by atoms with E-state index in [0.717, 1.165) is 19.4 Å². The summed E-state index contributed by atoms with van der Waals surface area (Å²) < 4.78 is 0. The average Bonchev–Trinajstić information content (AvgIpc) is 3.02. The molecule has 1 fully saturated rings. The van der Waals surface area contributed by atoms with Crippen molar-refractivity contribution in [2.45, 2.75) is 45.7 Å². The molecule has 0 amide bonds. The van der Waals surface area contributed by atoms with E-state index in [9.17, 15) is 5.11 Å². The van der Waals surface area contributed by atoms with Gasteiger partial charge in [0.2, 0.25) is 0 Å². The fraction of sp³-hybridized carbons (Fsp3) is 0.571. The van der Waals surface area contributed by atoms with E-state index in [-0.39, 0.29) is 12.1 Å². The van der Waals surface area contributed by atoms with E-state index in [0.29, 0.717) is 0 Å². The van der Waals surface area contributed by atoms with Crippen molar-refractivity contribution in [3.05, 3.63) is 34.4 Å². The zero-order chi connectivity index (χ0) is 11.8. The van der Waals surface area contributed by atoms with Crippen LogP contribution in [0.2, 0.25) is 0 Å². The number of nitrogens with one attached hydrogen (secondary N) is 1. The summed E-state index contributed by atoms with van der Waals surface area (Å²) >= 11 is 0. The molecule has 1 aromatic rings. The fourth-order valence-electron chi connectivity index (χ4n) is 2.04. The highest BCUT2D eigenvalue weighted by molar-refractivity contribution is 5.36. The molecule has 16 heavy (non-hydrogen) atoms. The first kappa shape index (κ1) is 11.6. The lowest BCUT2D eigenvalue weighted by molar-refractivity contribution is 0.229. The van der Waals surface area contributed by atoms with Gasteiger partial charge in [-0.3, -0.25) is 0 Å². The summed E-state index contributed by atoms with van der Waals surface area (Å²) in [5.74, 6) is 0. The Morgan fingerprint density at radius 3 is 2.31 bits per heavy atom. The Labute approximate surface area is 97.7 Å². The Morgan fingerprint density at radius 1 is 1.12 bits per heavy atom. The van der Waals surface area contributed by atoms with Crippen LogP contribution in [0.4, 0.5) is 0 Å². The van der Waals surface area contributed by atoms with Gasteiger partial charge in [0.1, 0.15) is 0 Å². The highest BCUT2D eigenvalue weighted by Gasteiger charge is 2.41. The van der Waals surface area contributed by atoms with E-state index < -0.39 is 0 Å². The average molecular weight is 219 g/mol. The first-order valence-corrected chi connectivity index (χ1v) is 5.99. The van der Waals surface area contributed by atoms with E-state index in [1.165, 1.54) is 22.3 Å². The fourth-order valence-corrected chi connectivity index (χ4v) is 2.04. The molecule has 2 rings (SSSR count). The van der Waals surface area contributed by atoms with Gasteiger partial charge in [-0.15, -0.1) is 0 Å². The molecule has 0 heterocycles. The molecule has 0 unspecified atom stereocenters. The third kappa shape index (κ3) is 2.28. The van der Waals surface area contributed by atoms with Crippen LogP contribution in [-0.4, -0.2) is 17.3 Å². The number of benzene rings is 1. The minimum Gasteiger partial charge on any atom is -0.394 e. The van der Waals surface area contributed by atoms with Gasteiger partial charge in [0.05, 0.1) is 6.61 Å². The maximum absolute atomic E-state index is 9.24. The van der Waals surface area contributed by atoms with Gasteiger partial charge in [-0.25, -0.2) is 0 Å². The molecule has 2 heteroatoms. The first-order chi connectivity index (χ1) is 7.56. The predicted molar refractivity (Wildman–Crippen MR) is 66.5 cm³/mol. The zero-order valence-corrected chi connectivity index (χ0v) is 10.4. The van der Waals surface area contributed by atoms with Crippen LogP contribution in [0.1, 0.15) is 35.1 Å². The molecule has 1 aromatic carbocycles. The largest absolute Gasteiger partial charge is 0.394 e. The summed E-state index contributed by atoms with van der Waals surface area (Å²) in [5.41, 5.74) is 5.42. The van der Waals surface area contributed by atoms with Crippen molar-refractivity contribution < 1.29 is 5.11 Å². The molecule has 0 aliphatic heterocycles. The van der Waals surface area contributed by atoms with Crippen molar-refractivity contribution in [3.63, 3.8) is 0 Å². The van der Waals surface area contributed by atoms with Gasteiger partial charge in [0, 0.05) is 12.1 Å². The van der Waals surface area contributed by atoms with E-state index in [2.05, 4.69) is 38.2 Å². The van der Waals surface area contributed by atoms with Gasteiger partial charge in [-0.2, -0.15) is 0 Å². The number of hydrogen-bond donors (Lipinski definition) is 2. The summed E-state index contributed by atoms with van der Waals surface area (Å²) in [5, 5.41) is 12.7. The standard InChI is InChI=1S/C14H21NO/c1-10-6-12(3)13(7-11(10)2)8-15-14(9-16)4-5-14/h6-7,15-16H,4-5,8-9H2,1-3H3. The number of hydrogen-bond acceptors (Lipinski definition) is 2. The Balaban J connectivity index is 2.07. The second kappa shape index (κ2) is 4.19. The molecule has 1 saturated carbocycles. The summed E-state index contributed by atoms with van der Waals surface area (Å²) in [6.07, 6.45) is 2.21.